The summed E-state index contributed by atoms with van der Waals surface area (Å²) in [6.07, 6.45) is 3.70. The third-order valence-electron chi connectivity index (χ3n) is 5.70. The van der Waals surface area contributed by atoms with Crippen LogP contribution < -0.4 is 0 Å². The molecular formula is C21H20N4. The second-order valence-electron chi connectivity index (χ2n) is 7.11. The SMILES string of the molecule is N#Cc1ccc(-c2ccc3c(c2)nc2n3CCN3CCCC3C2)cc1. The maximum Gasteiger partial charge on any atom is 0.111 e. The fraction of sp³-hybridized carbons (Fsp3) is 0.333. The first-order valence-corrected chi connectivity index (χ1v) is 9.05. The molecule has 0 saturated carbocycles. The van der Waals surface area contributed by atoms with Gasteiger partial charge in [-0.05, 0) is 54.8 Å². The van der Waals surface area contributed by atoms with Gasteiger partial charge >= 0.3 is 0 Å². The van der Waals surface area contributed by atoms with Gasteiger partial charge in [-0.15, -0.1) is 0 Å². The molecule has 0 radical (unpaired) electrons. The molecule has 0 bridgehead atoms. The Hall–Kier alpha value is -2.64. The highest BCUT2D eigenvalue weighted by molar-refractivity contribution is 5.82. The summed E-state index contributed by atoms with van der Waals surface area (Å²) in [6.45, 7) is 3.43. The molecule has 2 aromatic carbocycles. The number of aromatic nitrogens is 2. The maximum atomic E-state index is 8.96. The predicted molar refractivity (Wildman–Crippen MR) is 98.2 cm³/mol. The molecule has 25 heavy (non-hydrogen) atoms. The van der Waals surface area contributed by atoms with E-state index in [2.05, 4.69) is 33.7 Å². The molecule has 1 unspecified atom stereocenters. The third kappa shape index (κ3) is 2.43. The second kappa shape index (κ2) is 5.72. The molecule has 1 fully saturated rings. The molecule has 1 saturated heterocycles. The summed E-state index contributed by atoms with van der Waals surface area (Å²) in [4.78, 5) is 7.61. The van der Waals surface area contributed by atoms with Crippen molar-refractivity contribution < 1.29 is 0 Å². The van der Waals surface area contributed by atoms with Crippen molar-refractivity contribution in [3.8, 4) is 17.2 Å². The van der Waals surface area contributed by atoms with Gasteiger partial charge in [0.2, 0.25) is 0 Å². The predicted octanol–water partition coefficient (Wildman–Crippen LogP) is 3.60. The lowest BCUT2D eigenvalue weighted by molar-refractivity contribution is 0.258. The van der Waals surface area contributed by atoms with Gasteiger partial charge in [0, 0.05) is 25.6 Å². The molecule has 3 heterocycles. The molecule has 4 heteroatoms. The third-order valence-corrected chi connectivity index (χ3v) is 5.70. The van der Waals surface area contributed by atoms with E-state index in [0.717, 1.165) is 36.2 Å². The zero-order valence-electron chi connectivity index (χ0n) is 14.2. The van der Waals surface area contributed by atoms with Gasteiger partial charge in [-0.25, -0.2) is 4.98 Å². The Morgan fingerprint density at radius 3 is 2.68 bits per heavy atom. The van der Waals surface area contributed by atoms with E-state index in [9.17, 15) is 0 Å². The molecule has 2 aliphatic rings. The minimum Gasteiger partial charge on any atom is -0.327 e. The smallest absolute Gasteiger partial charge is 0.111 e. The standard InChI is InChI=1S/C21H20N4/c22-14-15-3-5-16(6-4-15)17-7-8-20-19(12-17)23-21-13-18-2-1-9-24(18)10-11-25(20)21/h3-8,12,18H,1-2,9-11,13H2. The first-order valence-electron chi connectivity index (χ1n) is 9.05. The number of nitrogens with zero attached hydrogens (tertiary/aromatic N) is 4. The van der Waals surface area contributed by atoms with Gasteiger partial charge in [0.05, 0.1) is 22.7 Å². The monoisotopic (exact) mass is 328 g/mol. The molecule has 5 rings (SSSR count). The van der Waals surface area contributed by atoms with E-state index in [1.165, 1.54) is 30.7 Å². The Bertz CT molecular complexity index is 978. The van der Waals surface area contributed by atoms with Crippen LogP contribution in [0.15, 0.2) is 42.5 Å². The molecule has 124 valence electrons. The lowest BCUT2D eigenvalue weighted by Crippen LogP contribution is -2.30. The zero-order chi connectivity index (χ0) is 16.8. The summed E-state index contributed by atoms with van der Waals surface area (Å²) in [5.41, 5.74) is 5.32. The number of hydrogen-bond donors (Lipinski definition) is 0. The van der Waals surface area contributed by atoms with E-state index in [-0.39, 0.29) is 0 Å². The van der Waals surface area contributed by atoms with E-state index >= 15 is 0 Å². The van der Waals surface area contributed by atoms with E-state index < -0.39 is 0 Å². The number of benzene rings is 2. The Balaban J connectivity index is 1.54. The van der Waals surface area contributed by atoms with Crippen LogP contribution in [0.3, 0.4) is 0 Å². The van der Waals surface area contributed by atoms with Crippen molar-refractivity contribution >= 4 is 11.0 Å². The average molecular weight is 328 g/mol. The quantitative estimate of drug-likeness (QED) is 0.686. The van der Waals surface area contributed by atoms with Crippen molar-refractivity contribution in [3.05, 3.63) is 53.9 Å². The first-order chi connectivity index (χ1) is 12.3. The van der Waals surface area contributed by atoms with Crippen molar-refractivity contribution in [3.63, 3.8) is 0 Å². The van der Waals surface area contributed by atoms with Crippen LogP contribution in [0.1, 0.15) is 24.2 Å². The summed E-state index contributed by atoms with van der Waals surface area (Å²) in [6, 6.07) is 17.2. The molecule has 4 nitrogen and oxygen atoms in total. The van der Waals surface area contributed by atoms with Gasteiger partial charge in [0.15, 0.2) is 0 Å². The lowest BCUT2D eigenvalue weighted by atomic mass is 10.0. The first kappa shape index (κ1) is 14.7. The van der Waals surface area contributed by atoms with Crippen molar-refractivity contribution in [1.82, 2.24) is 14.5 Å². The Labute approximate surface area is 147 Å². The summed E-state index contributed by atoms with van der Waals surface area (Å²) >= 11 is 0. The van der Waals surface area contributed by atoms with E-state index in [1.54, 1.807) is 0 Å². The summed E-state index contributed by atoms with van der Waals surface area (Å²) in [5, 5.41) is 8.96. The maximum absolute atomic E-state index is 8.96. The van der Waals surface area contributed by atoms with Crippen LogP contribution in [0.5, 0.6) is 0 Å². The van der Waals surface area contributed by atoms with Crippen molar-refractivity contribution in [1.29, 1.82) is 5.26 Å². The van der Waals surface area contributed by atoms with E-state index in [4.69, 9.17) is 10.2 Å². The van der Waals surface area contributed by atoms with Gasteiger partial charge in [0.1, 0.15) is 5.82 Å². The van der Waals surface area contributed by atoms with Gasteiger partial charge in [-0.1, -0.05) is 18.2 Å². The Morgan fingerprint density at radius 2 is 1.84 bits per heavy atom. The molecular weight excluding hydrogens is 308 g/mol. The van der Waals surface area contributed by atoms with Crippen LogP contribution in [-0.4, -0.2) is 33.6 Å². The van der Waals surface area contributed by atoms with Crippen LogP contribution >= 0.6 is 0 Å². The van der Waals surface area contributed by atoms with Gasteiger partial charge in [-0.2, -0.15) is 5.26 Å². The van der Waals surface area contributed by atoms with Crippen LogP contribution in [0.4, 0.5) is 0 Å². The largest absolute Gasteiger partial charge is 0.327 e. The van der Waals surface area contributed by atoms with Crippen molar-refractivity contribution in [2.45, 2.75) is 31.8 Å². The van der Waals surface area contributed by atoms with Crippen LogP contribution in [-0.2, 0) is 13.0 Å². The number of imidazole rings is 1. The van der Waals surface area contributed by atoms with Crippen LogP contribution in [0, 0.1) is 11.3 Å². The van der Waals surface area contributed by atoms with E-state index in [0.29, 0.717) is 11.6 Å². The fourth-order valence-electron chi connectivity index (χ4n) is 4.36. The Morgan fingerprint density at radius 1 is 1.00 bits per heavy atom. The number of fused-ring (bicyclic) bond motifs is 4. The highest BCUT2D eigenvalue weighted by Crippen LogP contribution is 2.29. The zero-order valence-corrected chi connectivity index (χ0v) is 14.2. The molecule has 1 atom stereocenters. The molecule has 0 N–H and O–H groups in total. The topological polar surface area (TPSA) is 44.9 Å². The average Bonchev–Trinajstić information content (AvgIpc) is 3.20. The minimum atomic E-state index is 0.677. The van der Waals surface area contributed by atoms with Gasteiger partial charge in [-0.3, -0.25) is 4.90 Å². The molecule has 0 aliphatic carbocycles. The highest BCUT2D eigenvalue weighted by atomic mass is 15.2. The number of rotatable bonds is 1. The summed E-state index contributed by atoms with van der Waals surface area (Å²) < 4.78 is 2.41. The lowest BCUT2D eigenvalue weighted by Gasteiger charge is -2.20. The summed E-state index contributed by atoms with van der Waals surface area (Å²) in [7, 11) is 0. The molecule has 1 aromatic heterocycles. The van der Waals surface area contributed by atoms with Gasteiger partial charge < -0.3 is 4.57 Å². The molecule has 0 amide bonds. The summed E-state index contributed by atoms with van der Waals surface area (Å²) in [5.74, 6) is 1.24. The molecule has 2 aliphatic heterocycles. The normalized spacial score (nSPS) is 20.0. The van der Waals surface area contributed by atoms with Crippen molar-refractivity contribution in [2.24, 2.45) is 0 Å². The minimum absolute atomic E-state index is 0.677. The van der Waals surface area contributed by atoms with Crippen molar-refractivity contribution in [2.75, 3.05) is 13.1 Å². The van der Waals surface area contributed by atoms with Crippen LogP contribution in [0.25, 0.3) is 22.2 Å². The highest BCUT2D eigenvalue weighted by Gasteiger charge is 2.29. The number of nitriles is 1. The van der Waals surface area contributed by atoms with E-state index in [1.807, 2.05) is 24.3 Å². The molecule has 0 spiro atoms. The molecule has 3 aromatic rings. The van der Waals surface area contributed by atoms with Crippen LogP contribution in [0.2, 0.25) is 0 Å². The fourth-order valence-corrected chi connectivity index (χ4v) is 4.36. The second-order valence-corrected chi connectivity index (χ2v) is 7.11. The Kier molecular flexibility index (Phi) is 3.36. The van der Waals surface area contributed by atoms with Gasteiger partial charge in [0.25, 0.3) is 0 Å². The number of hydrogen-bond acceptors (Lipinski definition) is 3.